The number of carboxylic acids is 2. The average molecular weight is 184 g/mol. The third kappa shape index (κ3) is 1.43. The summed E-state index contributed by atoms with van der Waals surface area (Å²) in [5.41, 5.74) is -1.67. The lowest BCUT2D eigenvalue weighted by Gasteiger charge is -2.25. The van der Waals surface area contributed by atoms with Crippen LogP contribution in [0, 0.1) is 11.3 Å². The Morgan fingerprint density at radius 1 is 1.38 bits per heavy atom. The van der Waals surface area contributed by atoms with Crippen LogP contribution >= 0.6 is 0 Å². The minimum atomic E-state index is -1.67. The molecule has 0 saturated carbocycles. The van der Waals surface area contributed by atoms with Crippen molar-refractivity contribution in [2.45, 2.75) is 19.8 Å². The van der Waals surface area contributed by atoms with Crippen molar-refractivity contribution in [1.82, 2.24) is 0 Å². The molecule has 0 heterocycles. The van der Waals surface area contributed by atoms with Crippen molar-refractivity contribution in [2.24, 2.45) is 11.3 Å². The standard InChI is InChI=1S/C9H12O4/c1-9(7(10)11,8(12)13)6-4-2-3-5-6/h2,4,6H,3,5H2,1H3,(H,10,11)(H,12,13). The quantitative estimate of drug-likeness (QED) is 0.509. The molecule has 0 saturated heterocycles. The molecule has 0 aromatic rings. The number of hydrogen-bond donors (Lipinski definition) is 2. The molecular weight excluding hydrogens is 172 g/mol. The Kier molecular flexibility index (Phi) is 2.40. The van der Waals surface area contributed by atoms with Gasteiger partial charge in [0.1, 0.15) is 0 Å². The number of carbonyl (C=O) groups is 2. The fourth-order valence-corrected chi connectivity index (χ4v) is 1.52. The van der Waals surface area contributed by atoms with Crippen LogP contribution in [-0.4, -0.2) is 22.2 Å². The third-order valence-corrected chi connectivity index (χ3v) is 2.64. The van der Waals surface area contributed by atoms with E-state index in [2.05, 4.69) is 0 Å². The number of hydrogen-bond acceptors (Lipinski definition) is 2. The van der Waals surface area contributed by atoms with Crippen molar-refractivity contribution < 1.29 is 19.8 Å². The number of allylic oxidation sites excluding steroid dienone is 2. The van der Waals surface area contributed by atoms with E-state index < -0.39 is 17.4 Å². The zero-order chi connectivity index (χ0) is 10.1. The summed E-state index contributed by atoms with van der Waals surface area (Å²) in [6.45, 7) is 1.26. The maximum Gasteiger partial charge on any atom is 0.321 e. The van der Waals surface area contributed by atoms with E-state index >= 15 is 0 Å². The van der Waals surface area contributed by atoms with Gasteiger partial charge in [0.2, 0.25) is 0 Å². The predicted octanol–water partition coefficient (Wildman–Crippen LogP) is 1.13. The Bertz CT molecular complexity index is 253. The highest BCUT2D eigenvalue weighted by Gasteiger charge is 2.48. The second-order valence-corrected chi connectivity index (χ2v) is 3.42. The Morgan fingerprint density at radius 2 is 1.92 bits per heavy atom. The molecule has 72 valence electrons. The summed E-state index contributed by atoms with van der Waals surface area (Å²) in [7, 11) is 0. The summed E-state index contributed by atoms with van der Waals surface area (Å²) < 4.78 is 0. The molecule has 2 N–H and O–H groups in total. The monoisotopic (exact) mass is 184 g/mol. The first-order valence-corrected chi connectivity index (χ1v) is 4.13. The van der Waals surface area contributed by atoms with E-state index in [0.717, 1.165) is 6.42 Å². The molecule has 1 atom stereocenters. The van der Waals surface area contributed by atoms with Gasteiger partial charge in [-0.15, -0.1) is 0 Å². The topological polar surface area (TPSA) is 74.6 Å². The molecule has 0 bridgehead atoms. The van der Waals surface area contributed by atoms with Gasteiger partial charge >= 0.3 is 11.9 Å². The first kappa shape index (κ1) is 9.77. The zero-order valence-electron chi connectivity index (χ0n) is 7.36. The summed E-state index contributed by atoms with van der Waals surface area (Å²) in [5, 5.41) is 17.7. The van der Waals surface area contributed by atoms with Gasteiger partial charge in [-0.1, -0.05) is 12.2 Å². The molecule has 0 aliphatic heterocycles. The fourth-order valence-electron chi connectivity index (χ4n) is 1.52. The number of carboxylic acid groups (broad SMARTS) is 2. The van der Waals surface area contributed by atoms with Gasteiger partial charge in [-0.3, -0.25) is 9.59 Å². The number of aliphatic carboxylic acids is 2. The van der Waals surface area contributed by atoms with Crippen molar-refractivity contribution in [3.8, 4) is 0 Å². The first-order chi connectivity index (χ1) is 5.99. The van der Waals surface area contributed by atoms with Crippen LogP contribution in [0.3, 0.4) is 0 Å². The lowest BCUT2D eigenvalue weighted by Crippen LogP contribution is -2.41. The van der Waals surface area contributed by atoms with Gasteiger partial charge in [-0.2, -0.15) is 0 Å². The van der Waals surface area contributed by atoms with E-state index in [1.807, 2.05) is 6.08 Å². The highest BCUT2D eigenvalue weighted by Crippen LogP contribution is 2.36. The average Bonchev–Trinajstić information content (AvgIpc) is 2.54. The molecule has 4 nitrogen and oxygen atoms in total. The van der Waals surface area contributed by atoms with Gasteiger partial charge in [-0.25, -0.2) is 0 Å². The SMILES string of the molecule is CC(C(=O)O)(C(=O)O)C1C=CCC1. The van der Waals surface area contributed by atoms with Crippen LogP contribution < -0.4 is 0 Å². The second-order valence-electron chi connectivity index (χ2n) is 3.42. The van der Waals surface area contributed by atoms with Crippen LogP contribution in [0.1, 0.15) is 19.8 Å². The van der Waals surface area contributed by atoms with Crippen molar-refractivity contribution in [1.29, 1.82) is 0 Å². The number of rotatable bonds is 3. The van der Waals surface area contributed by atoms with Crippen LogP contribution in [0.15, 0.2) is 12.2 Å². The second kappa shape index (κ2) is 3.20. The third-order valence-electron chi connectivity index (χ3n) is 2.64. The first-order valence-electron chi connectivity index (χ1n) is 4.13. The van der Waals surface area contributed by atoms with E-state index in [4.69, 9.17) is 10.2 Å². The highest BCUT2D eigenvalue weighted by atomic mass is 16.4. The van der Waals surface area contributed by atoms with Crippen molar-refractivity contribution in [3.63, 3.8) is 0 Å². The van der Waals surface area contributed by atoms with E-state index in [-0.39, 0.29) is 5.92 Å². The summed E-state index contributed by atoms with van der Waals surface area (Å²) in [6, 6.07) is 0. The van der Waals surface area contributed by atoms with Gasteiger partial charge in [-0.05, 0) is 19.8 Å². The van der Waals surface area contributed by atoms with E-state index in [0.29, 0.717) is 6.42 Å². The van der Waals surface area contributed by atoms with Gasteiger partial charge in [0.05, 0.1) is 0 Å². The van der Waals surface area contributed by atoms with Gasteiger partial charge < -0.3 is 10.2 Å². The smallest absolute Gasteiger partial charge is 0.321 e. The molecule has 1 aliphatic rings. The largest absolute Gasteiger partial charge is 0.480 e. The Morgan fingerprint density at radius 3 is 2.23 bits per heavy atom. The minimum Gasteiger partial charge on any atom is -0.480 e. The van der Waals surface area contributed by atoms with E-state index in [1.165, 1.54) is 6.92 Å². The Labute approximate surface area is 75.9 Å². The summed E-state index contributed by atoms with van der Waals surface area (Å²) in [5.74, 6) is -2.92. The van der Waals surface area contributed by atoms with Crippen LogP contribution in [0.2, 0.25) is 0 Å². The summed E-state index contributed by atoms with van der Waals surface area (Å²) in [6.07, 6.45) is 4.88. The van der Waals surface area contributed by atoms with Crippen molar-refractivity contribution in [2.75, 3.05) is 0 Å². The zero-order valence-corrected chi connectivity index (χ0v) is 7.36. The van der Waals surface area contributed by atoms with Gasteiger partial charge in [0.15, 0.2) is 5.41 Å². The van der Waals surface area contributed by atoms with Crippen molar-refractivity contribution in [3.05, 3.63) is 12.2 Å². The molecule has 0 aromatic carbocycles. The van der Waals surface area contributed by atoms with Crippen LogP contribution in [0.5, 0.6) is 0 Å². The van der Waals surface area contributed by atoms with Crippen LogP contribution in [-0.2, 0) is 9.59 Å². The lowest BCUT2D eigenvalue weighted by molar-refractivity contribution is -0.166. The predicted molar refractivity (Wildman–Crippen MR) is 45.2 cm³/mol. The lowest BCUT2D eigenvalue weighted by atomic mass is 9.77. The van der Waals surface area contributed by atoms with Crippen LogP contribution in [0.4, 0.5) is 0 Å². The molecule has 0 radical (unpaired) electrons. The van der Waals surface area contributed by atoms with E-state index in [9.17, 15) is 9.59 Å². The van der Waals surface area contributed by atoms with Crippen LogP contribution in [0.25, 0.3) is 0 Å². The normalized spacial score (nSPS) is 21.8. The fraction of sp³-hybridized carbons (Fsp3) is 0.556. The molecule has 0 spiro atoms. The Hall–Kier alpha value is -1.32. The van der Waals surface area contributed by atoms with E-state index in [1.54, 1.807) is 6.08 Å². The molecule has 1 rings (SSSR count). The van der Waals surface area contributed by atoms with Crippen molar-refractivity contribution >= 4 is 11.9 Å². The summed E-state index contributed by atoms with van der Waals surface area (Å²) in [4.78, 5) is 21.7. The maximum atomic E-state index is 10.8. The molecule has 0 amide bonds. The molecule has 13 heavy (non-hydrogen) atoms. The highest BCUT2D eigenvalue weighted by molar-refractivity contribution is 5.98. The summed E-state index contributed by atoms with van der Waals surface area (Å²) >= 11 is 0. The maximum absolute atomic E-state index is 10.8. The molecule has 4 heteroatoms. The minimum absolute atomic E-state index is 0.387. The van der Waals surface area contributed by atoms with Gasteiger partial charge in [0.25, 0.3) is 0 Å². The molecule has 0 fully saturated rings. The van der Waals surface area contributed by atoms with Gasteiger partial charge in [0, 0.05) is 5.92 Å². The molecule has 1 unspecified atom stereocenters. The Balaban J connectivity index is 2.96. The molecule has 1 aliphatic carbocycles. The molecular formula is C9H12O4. The molecule has 0 aromatic heterocycles.